The van der Waals surface area contributed by atoms with Gasteiger partial charge >= 0.3 is 0 Å². The second-order valence-electron chi connectivity index (χ2n) is 5.31. The average Bonchev–Trinajstić information content (AvgIpc) is 2.49. The van der Waals surface area contributed by atoms with Gasteiger partial charge in [0.1, 0.15) is 0 Å². The molecule has 1 amide bonds. The van der Waals surface area contributed by atoms with Crippen molar-refractivity contribution in [2.75, 3.05) is 25.9 Å². The minimum Gasteiger partial charge on any atom is -0.399 e. The molecule has 0 aromatic heterocycles. The van der Waals surface area contributed by atoms with Crippen molar-refractivity contribution in [2.45, 2.75) is 18.6 Å². The minimum atomic E-state index is -3.41. The lowest BCUT2D eigenvalue weighted by atomic mass is 9.99. The van der Waals surface area contributed by atoms with E-state index in [2.05, 4.69) is 5.32 Å². The van der Waals surface area contributed by atoms with Crippen LogP contribution in [0.3, 0.4) is 0 Å². The van der Waals surface area contributed by atoms with Gasteiger partial charge in [0, 0.05) is 25.8 Å². The number of anilines is 1. The first kappa shape index (κ1) is 15.8. The Labute approximate surface area is 125 Å². The molecule has 2 rings (SSSR count). The second-order valence-corrected chi connectivity index (χ2v) is 7.28. The van der Waals surface area contributed by atoms with Gasteiger partial charge in [-0.25, -0.2) is 12.7 Å². The number of benzene rings is 1. The fourth-order valence-corrected chi connectivity index (χ4v) is 4.14. The summed E-state index contributed by atoms with van der Waals surface area (Å²) in [6, 6.07) is 6.81. The SMILES string of the molecule is CNC(=O)C1CCCN(S(=O)(=O)Cc2ccc(N)cc2)C1. The molecule has 0 bridgehead atoms. The molecule has 116 valence electrons. The molecule has 0 spiro atoms. The van der Waals surface area contributed by atoms with Crippen LogP contribution in [0.5, 0.6) is 0 Å². The summed E-state index contributed by atoms with van der Waals surface area (Å²) < 4.78 is 26.3. The largest absolute Gasteiger partial charge is 0.399 e. The molecule has 1 aromatic rings. The summed E-state index contributed by atoms with van der Waals surface area (Å²) in [5.41, 5.74) is 6.90. The topological polar surface area (TPSA) is 92.5 Å². The lowest BCUT2D eigenvalue weighted by molar-refractivity contribution is -0.125. The van der Waals surface area contributed by atoms with Gasteiger partial charge < -0.3 is 11.1 Å². The Hall–Kier alpha value is -1.60. The van der Waals surface area contributed by atoms with Crippen molar-refractivity contribution in [2.24, 2.45) is 5.92 Å². The van der Waals surface area contributed by atoms with Crippen molar-refractivity contribution in [3.63, 3.8) is 0 Å². The number of nitrogens with two attached hydrogens (primary N) is 1. The monoisotopic (exact) mass is 311 g/mol. The maximum absolute atomic E-state index is 12.5. The smallest absolute Gasteiger partial charge is 0.224 e. The van der Waals surface area contributed by atoms with Crippen LogP contribution in [-0.4, -0.2) is 38.8 Å². The third kappa shape index (κ3) is 3.95. The molecule has 1 atom stereocenters. The number of sulfonamides is 1. The Morgan fingerprint density at radius 2 is 2.05 bits per heavy atom. The Morgan fingerprint density at radius 3 is 2.67 bits per heavy atom. The summed E-state index contributed by atoms with van der Waals surface area (Å²) in [5.74, 6) is -0.416. The van der Waals surface area contributed by atoms with E-state index in [1.807, 2.05) is 0 Å². The highest BCUT2D eigenvalue weighted by Gasteiger charge is 2.31. The maximum atomic E-state index is 12.5. The number of nitrogen functional groups attached to an aromatic ring is 1. The first-order chi connectivity index (χ1) is 9.92. The molecule has 0 saturated carbocycles. The molecular formula is C14H21N3O3S. The molecular weight excluding hydrogens is 290 g/mol. The fourth-order valence-electron chi connectivity index (χ4n) is 2.53. The summed E-state index contributed by atoms with van der Waals surface area (Å²) in [5, 5.41) is 2.59. The molecule has 7 heteroatoms. The number of hydrogen-bond acceptors (Lipinski definition) is 4. The van der Waals surface area contributed by atoms with Gasteiger partial charge in [-0.1, -0.05) is 12.1 Å². The average molecular weight is 311 g/mol. The zero-order valence-corrected chi connectivity index (χ0v) is 12.9. The molecule has 1 aliphatic rings. The highest BCUT2D eigenvalue weighted by atomic mass is 32.2. The van der Waals surface area contributed by atoms with Crippen molar-refractivity contribution in [1.29, 1.82) is 0 Å². The van der Waals surface area contributed by atoms with E-state index < -0.39 is 10.0 Å². The van der Waals surface area contributed by atoms with Crippen molar-refractivity contribution < 1.29 is 13.2 Å². The van der Waals surface area contributed by atoms with E-state index in [0.29, 0.717) is 24.2 Å². The van der Waals surface area contributed by atoms with E-state index in [9.17, 15) is 13.2 Å². The molecule has 3 N–H and O–H groups in total. The van der Waals surface area contributed by atoms with E-state index in [1.54, 1.807) is 31.3 Å². The van der Waals surface area contributed by atoms with Crippen LogP contribution >= 0.6 is 0 Å². The lowest BCUT2D eigenvalue weighted by Crippen LogP contribution is -2.45. The number of nitrogens with zero attached hydrogens (tertiary/aromatic N) is 1. The summed E-state index contributed by atoms with van der Waals surface area (Å²) in [6.07, 6.45) is 1.44. The fraction of sp³-hybridized carbons (Fsp3) is 0.500. The number of rotatable bonds is 4. The molecule has 1 unspecified atom stereocenters. The molecule has 1 fully saturated rings. The van der Waals surface area contributed by atoms with E-state index in [4.69, 9.17) is 5.73 Å². The van der Waals surface area contributed by atoms with Crippen LogP contribution in [0.15, 0.2) is 24.3 Å². The van der Waals surface area contributed by atoms with Gasteiger partial charge in [-0.3, -0.25) is 4.79 Å². The molecule has 21 heavy (non-hydrogen) atoms. The van der Waals surface area contributed by atoms with Crippen molar-refractivity contribution >= 4 is 21.6 Å². The Bertz CT molecular complexity index is 598. The summed E-state index contributed by atoms with van der Waals surface area (Å²) in [7, 11) is -1.84. The molecule has 6 nitrogen and oxygen atoms in total. The van der Waals surface area contributed by atoms with Gasteiger partial charge in [0.25, 0.3) is 0 Å². The second kappa shape index (κ2) is 6.44. The number of carbonyl (C=O) groups excluding carboxylic acids is 1. The van der Waals surface area contributed by atoms with Crippen LogP contribution in [0.2, 0.25) is 0 Å². The van der Waals surface area contributed by atoms with Crippen molar-refractivity contribution in [3.05, 3.63) is 29.8 Å². The third-order valence-electron chi connectivity index (χ3n) is 3.72. The third-order valence-corrected chi connectivity index (χ3v) is 5.54. The molecule has 1 aliphatic heterocycles. The number of amides is 1. The van der Waals surface area contributed by atoms with Crippen LogP contribution in [0.4, 0.5) is 5.69 Å². The Morgan fingerprint density at radius 1 is 1.38 bits per heavy atom. The quantitative estimate of drug-likeness (QED) is 0.795. The minimum absolute atomic E-state index is 0.0618. The van der Waals surface area contributed by atoms with Gasteiger partial charge in [0.05, 0.1) is 11.7 Å². The molecule has 0 radical (unpaired) electrons. The summed E-state index contributed by atoms with van der Waals surface area (Å²) in [6.45, 7) is 0.738. The van der Waals surface area contributed by atoms with Crippen LogP contribution in [-0.2, 0) is 20.6 Å². The number of carbonyl (C=O) groups is 1. The van der Waals surface area contributed by atoms with E-state index in [-0.39, 0.29) is 24.1 Å². The first-order valence-corrected chi connectivity index (χ1v) is 8.57. The Kier molecular flexibility index (Phi) is 4.84. The summed E-state index contributed by atoms with van der Waals surface area (Å²) >= 11 is 0. The molecule has 1 saturated heterocycles. The van der Waals surface area contributed by atoms with Crippen LogP contribution < -0.4 is 11.1 Å². The normalized spacial score (nSPS) is 20.1. The zero-order chi connectivity index (χ0) is 15.5. The van der Waals surface area contributed by atoms with Crippen LogP contribution in [0.1, 0.15) is 18.4 Å². The van der Waals surface area contributed by atoms with Crippen molar-refractivity contribution in [1.82, 2.24) is 9.62 Å². The molecule has 1 aromatic carbocycles. The molecule has 0 aliphatic carbocycles. The zero-order valence-electron chi connectivity index (χ0n) is 12.1. The highest BCUT2D eigenvalue weighted by molar-refractivity contribution is 7.88. The van der Waals surface area contributed by atoms with Gasteiger partial charge in [0.2, 0.25) is 15.9 Å². The first-order valence-electron chi connectivity index (χ1n) is 6.96. The number of hydrogen-bond donors (Lipinski definition) is 2. The number of nitrogens with one attached hydrogen (secondary N) is 1. The predicted octanol–water partition coefficient (Wildman–Crippen LogP) is 0.557. The predicted molar refractivity (Wildman–Crippen MR) is 81.8 cm³/mol. The van der Waals surface area contributed by atoms with E-state index >= 15 is 0 Å². The molecule has 1 heterocycles. The van der Waals surface area contributed by atoms with E-state index in [1.165, 1.54) is 4.31 Å². The van der Waals surface area contributed by atoms with E-state index in [0.717, 1.165) is 6.42 Å². The highest BCUT2D eigenvalue weighted by Crippen LogP contribution is 2.21. The van der Waals surface area contributed by atoms with Gasteiger partial charge in [0.15, 0.2) is 0 Å². The van der Waals surface area contributed by atoms with Gasteiger partial charge in [-0.05, 0) is 30.5 Å². The van der Waals surface area contributed by atoms with Gasteiger partial charge in [-0.15, -0.1) is 0 Å². The lowest BCUT2D eigenvalue weighted by Gasteiger charge is -2.31. The maximum Gasteiger partial charge on any atom is 0.224 e. The van der Waals surface area contributed by atoms with Crippen LogP contribution in [0, 0.1) is 5.92 Å². The number of piperidine rings is 1. The summed E-state index contributed by atoms with van der Waals surface area (Å²) in [4.78, 5) is 11.7. The Balaban J connectivity index is 2.08. The van der Waals surface area contributed by atoms with Crippen molar-refractivity contribution in [3.8, 4) is 0 Å². The van der Waals surface area contributed by atoms with Crippen LogP contribution in [0.25, 0.3) is 0 Å². The standard InChI is InChI=1S/C14H21N3O3S/c1-16-14(18)12-3-2-8-17(9-12)21(19,20)10-11-4-6-13(15)7-5-11/h4-7,12H,2-3,8-10,15H2,1H3,(H,16,18). The van der Waals surface area contributed by atoms with Gasteiger partial charge in [-0.2, -0.15) is 0 Å².